The number of hydrogen-bond donors (Lipinski definition) is 4. The van der Waals surface area contributed by atoms with Gasteiger partial charge in [0.2, 0.25) is 5.91 Å². The monoisotopic (exact) mass is 202 g/mol. The van der Waals surface area contributed by atoms with Gasteiger partial charge in [0, 0.05) is 13.0 Å². The summed E-state index contributed by atoms with van der Waals surface area (Å²) >= 11 is 0. The highest BCUT2D eigenvalue weighted by molar-refractivity contribution is 5.82. The van der Waals surface area contributed by atoms with E-state index >= 15 is 0 Å². The van der Waals surface area contributed by atoms with Crippen LogP contribution in [-0.4, -0.2) is 24.4 Å². The minimum absolute atomic E-state index is 0.0906. The van der Waals surface area contributed by atoms with Crippen molar-refractivity contribution in [3.63, 3.8) is 0 Å². The van der Waals surface area contributed by atoms with Gasteiger partial charge in [-0.3, -0.25) is 15.0 Å². The molecule has 6 heteroatoms. The molecule has 0 aromatic rings. The smallest absolute Gasteiger partial charge is 0.250 e. The first-order valence-electron chi connectivity index (χ1n) is 4.64. The summed E-state index contributed by atoms with van der Waals surface area (Å²) in [5.74, 6) is 4.34. The van der Waals surface area contributed by atoms with Crippen LogP contribution < -0.4 is 22.3 Å². The fourth-order valence-electron chi connectivity index (χ4n) is 0.878. The number of hydrazine groups is 1. The van der Waals surface area contributed by atoms with Gasteiger partial charge in [0.25, 0.3) is 5.91 Å². The molecule has 0 aliphatic rings. The molecule has 0 saturated carbocycles. The fraction of sp³-hybridized carbons (Fsp3) is 0.750. The summed E-state index contributed by atoms with van der Waals surface area (Å²) < 4.78 is 0. The molecule has 6 N–H and O–H groups in total. The Bertz CT molecular complexity index is 196. The Morgan fingerprint density at radius 2 is 2.07 bits per heavy atom. The SMILES string of the molecule is CCCNC(=O)CCC(N)C(=O)NN. The van der Waals surface area contributed by atoms with E-state index in [-0.39, 0.29) is 12.3 Å². The molecule has 0 aliphatic heterocycles. The molecule has 0 radical (unpaired) electrons. The van der Waals surface area contributed by atoms with E-state index in [1.807, 2.05) is 12.3 Å². The molecule has 0 aromatic heterocycles. The first-order chi connectivity index (χ1) is 6.61. The van der Waals surface area contributed by atoms with Crippen LogP contribution in [-0.2, 0) is 9.59 Å². The van der Waals surface area contributed by atoms with E-state index in [1.165, 1.54) is 0 Å². The molecule has 0 rings (SSSR count). The number of amides is 2. The Hall–Kier alpha value is -1.14. The number of carbonyl (C=O) groups excluding carboxylic acids is 2. The number of hydrogen-bond acceptors (Lipinski definition) is 4. The highest BCUT2D eigenvalue weighted by Gasteiger charge is 2.13. The second-order valence-corrected chi connectivity index (χ2v) is 3.00. The summed E-state index contributed by atoms with van der Waals surface area (Å²) in [4.78, 5) is 21.9. The van der Waals surface area contributed by atoms with Crippen molar-refractivity contribution in [2.45, 2.75) is 32.2 Å². The standard InChI is InChI=1S/C8H18N4O2/c1-2-5-11-7(13)4-3-6(9)8(14)12-10/h6H,2-5,9-10H2,1H3,(H,11,13)(H,12,14). The van der Waals surface area contributed by atoms with E-state index in [4.69, 9.17) is 11.6 Å². The molecule has 0 spiro atoms. The lowest BCUT2D eigenvalue weighted by atomic mass is 10.1. The molecular weight excluding hydrogens is 184 g/mol. The third-order valence-corrected chi connectivity index (χ3v) is 1.73. The van der Waals surface area contributed by atoms with Gasteiger partial charge in [-0.1, -0.05) is 6.92 Å². The van der Waals surface area contributed by atoms with Gasteiger partial charge in [0.05, 0.1) is 6.04 Å². The highest BCUT2D eigenvalue weighted by Crippen LogP contribution is 1.94. The van der Waals surface area contributed by atoms with Crippen molar-refractivity contribution < 1.29 is 9.59 Å². The molecular formula is C8H18N4O2. The summed E-state index contributed by atoms with van der Waals surface area (Å²) in [5.41, 5.74) is 7.37. The van der Waals surface area contributed by atoms with Crippen molar-refractivity contribution in [3.8, 4) is 0 Å². The van der Waals surface area contributed by atoms with E-state index in [1.54, 1.807) is 0 Å². The van der Waals surface area contributed by atoms with Crippen LogP contribution in [0.15, 0.2) is 0 Å². The molecule has 0 bridgehead atoms. The number of carbonyl (C=O) groups is 2. The molecule has 0 aromatic carbocycles. The zero-order valence-corrected chi connectivity index (χ0v) is 8.38. The lowest BCUT2D eigenvalue weighted by molar-refractivity contribution is -0.123. The Morgan fingerprint density at radius 1 is 1.43 bits per heavy atom. The summed E-state index contributed by atoms with van der Waals surface area (Å²) in [6.07, 6.45) is 1.44. The largest absolute Gasteiger partial charge is 0.356 e. The predicted octanol–water partition coefficient (Wildman–Crippen LogP) is -1.39. The van der Waals surface area contributed by atoms with Crippen LogP contribution in [0.25, 0.3) is 0 Å². The van der Waals surface area contributed by atoms with Crippen molar-refractivity contribution in [1.29, 1.82) is 0 Å². The van der Waals surface area contributed by atoms with Gasteiger partial charge in [-0.15, -0.1) is 0 Å². The van der Waals surface area contributed by atoms with Crippen LogP contribution >= 0.6 is 0 Å². The number of rotatable bonds is 6. The summed E-state index contributed by atoms with van der Waals surface area (Å²) in [5, 5.41) is 2.69. The quantitative estimate of drug-likeness (QED) is 0.241. The van der Waals surface area contributed by atoms with Crippen molar-refractivity contribution in [2.75, 3.05) is 6.54 Å². The number of nitrogens with two attached hydrogens (primary N) is 2. The lowest BCUT2D eigenvalue weighted by Gasteiger charge is -2.09. The third-order valence-electron chi connectivity index (χ3n) is 1.73. The van der Waals surface area contributed by atoms with E-state index in [9.17, 15) is 9.59 Å². The Labute approximate surface area is 83.4 Å². The van der Waals surface area contributed by atoms with Crippen molar-refractivity contribution in [2.24, 2.45) is 11.6 Å². The normalized spacial score (nSPS) is 11.9. The molecule has 2 amide bonds. The topological polar surface area (TPSA) is 110 Å². The van der Waals surface area contributed by atoms with E-state index in [2.05, 4.69) is 5.32 Å². The van der Waals surface area contributed by atoms with Crippen LogP contribution in [0.2, 0.25) is 0 Å². The summed E-state index contributed by atoms with van der Waals surface area (Å²) in [6.45, 7) is 2.62. The van der Waals surface area contributed by atoms with Gasteiger partial charge in [0.15, 0.2) is 0 Å². The molecule has 1 atom stereocenters. The van der Waals surface area contributed by atoms with Crippen LogP contribution in [0.3, 0.4) is 0 Å². The average Bonchev–Trinajstić information content (AvgIpc) is 2.21. The Kier molecular flexibility index (Phi) is 6.69. The van der Waals surface area contributed by atoms with Gasteiger partial charge in [-0.2, -0.15) is 0 Å². The van der Waals surface area contributed by atoms with Gasteiger partial charge < -0.3 is 11.1 Å². The highest BCUT2D eigenvalue weighted by atomic mass is 16.2. The van der Waals surface area contributed by atoms with Crippen LogP contribution in [0.4, 0.5) is 0 Å². The van der Waals surface area contributed by atoms with Crippen LogP contribution in [0, 0.1) is 0 Å². The molecule has 0 fully saturated rings. The van der Waals surface area contributed by atoms with E-state index in [0.717, 1.165) is 6.42 Å². The molecule has 1 unspecified atom stereocenters. The minimum atomic E-state index is -0.715. The van der Waals surface area contributed by atoms with Gasteiger partial charge in [-0.25, -0.2) is 5.84 Å². The maximum absolute atomic E-state index is 11.1. The fourth-order valence-corrected chi connectivity index (χ4v) is 0.878. The molecule has 82 valence electrons. The molecule has 0 saturated heterocycles. The first-order valence-corrected chi connectivity index (χ1v) is 4.64. The maximum Gasteiger partial charge on any atom is 0.250 e. The molecule has 0 heterocycles. The van der Waals surface area contributed by atoms with Crippen molar-refractivity contribution >= 4 is 11.8 Å². The van der Waals surface area contributed by atoms with Crippen LogP contribution in [0.1, 0.15) is 26.2 Å². The van der Waals surface area contributed by atoms with Gasteiger partial charge in [0.1, 0.15) is 0 Å². The van der Waals surface area contributed by atoms with Crippen molar-refractivity contribution in [1.82, 2.24) is 10.7 Å². The zero-order chi connectivity index (χ0) is 11.0. The first kappa shape index (κ1) is 12.9. The van der Waals surface area contributed by atoms with Gasteiger partial charge >= 0.3 is 0 Å². The molecule has 6 nitrogen and oxygen atoms in total. The van der Waals surface area contributed by atoms with E-state index in [0.29, 0.717) is 13.0 Å². The second-order valence-electron chi connectivity index (χ2n) is 3.00. The lowest BCUT2D eigenvalue weighted by Crippen LogP contribution is -2.44. The molecule has 14 heavy (non-hydrogen) atoms. The van der Waals surface area contributed by atoms with Crippen molar-refractivity contribution in [3.05, 3.63) is 0 Å². The second kappa shape index (κ2) is 7.28. The minimum Gasteiger partial charge on any atom is -0.356 e. The average molecular weight is 202 g/mol. The summed E-state index contributed by atoms with van der Waals surface area (Å²) in [7, 11) is 0. The third kappa shape index (κ3) is 5.50. The maximum atomic E-state index is 11.1. The summed E-state index contributed by atoms with van der Waals surface area (Å²) in [6, 6.07) is -0.715. The number of nitrogens with one attached hydrogen (secondary N) is 2. The van der Waals surface area contributed by atoms with Crippen LogP contribution in [0.5, 0.6) is 0 Å². The van der Waals surface area contributed by atoms with Gasteiger partial charge in [-0.05, 0) is 12.8 Å². The van der Waals surface area contributed by atoms with E-state index < -0.39 is 11.9 Å². The molecule has 0 aliphatic carbocycles. The predicted molar refractivity (Wildman–Crippen MR) is 52.8 cm³/mol. The zero-order valence-electron chi connectivity index (χ0n) is 8.38. The Balaban J connectivity index is 3.60. The Morgan fingerprint density at radius 3 is 2.57 bits per heavy atom.